The Labute approximate surface area is 627 Å². The summed E-state index contributed by atoms with van der Waals surface area (Å²) in [6.07, 6.45) is 0. The second-order valence-electron chi connectivity index (χ2n) is 34.0. The molecule has 0 N–H and O–H groups in total. The average molecular weight is 1400 g/mol. The van der Waals surface area contributed by atoms with Gasteiger partial charge in [-0.25, -0.2) is 15.0 Å². The Balaban J connectivity index is 0.980. The van der Waals surface area contributed by atoms with Crippen molar-refractivity contribution in [3.63, 3.8) is 0 Å². The molecular formula is C98H84N10. The highest BCUT2D eigenvalue weighted by atomic mass is 15.2. The summed E-state index contributed by atoms with van der Waals surface area (Å²) in [6, 6.07) is 102. The first-order valence-corrected chi connectivity index (χ1v) is 37.9. The molecule has 10 nitrogen and oxygen atoms in total. The molecule has 0 atom stereocenters. The third-order valence-electron chi connectivity index (χ3n) is 22.9. The molecule has 0 bridgehead atoms. The Hall–Kier alpha value is -12.5. The number of nitrogens with zero attached hydrogens (tertiary/aromatic N) is 10. The van der Waals surface area contributed by atoms with E-state index in [9.17, 15) is 0 Å². The van der Waals surface area contributed by atoms with Gasteiger partial charge in [0.15, 0.2) is 0 Å². The predicted octanol–water partition coefficient (Wildman–Crippen LogP) is 25.2. The van der Waals surface area contributed by atoms with Gasteiger partial charge in [0, 0.05) is 33.3 Å². The molecule has 0 fully saturated rings. The second kappa shape index (κ2) is 23.2. The van der Waals surface area contributed by atoms with Crippen molar-refractivity contribution in [2.75, 3.05) is 0 Å². The molecule has 7 aromatic heterocycles. The predicted molar refractivity (Wildman–Crippen MR) is 451 cm³/mol. The van der Waals surface area contributed by atoms with Crippen molar-refractivity contribution in [1.82, 2.24) is 46.4 Å². The molecule has 20 aromatic rings. The molecule has 108 heavy (non-hydrogen) atoms. The van der Waals surface area contributed by atoms with Crippen LogP contribution >= 0.6 is 0 Å². The van der Waals surface area contributed by atoms with E-state index < -0.39 is 0 Å². The van der Waals surface area contributed by atoms with Crippen LogP contribution in [0.15, 0.2) is 273 Å². The number of imidazole rings is 6. The minimum absolute atomic E-state index is 0.117. The summed E-state index contributed by atoms with van der Waals surface area (Å²) in [4.78, 5) is 17.0. The number of benzene rings is 13. The van der Waals surface area contributed by atoms with Crippen LogP contribution in [0.4, 0.5) is 0 Å². The van der Waals surface area contributed by atoms with Crippen LogP contribution in [0.3, 0.4) is 0 Å². The van der Waals surface area contributed by atoms with E-state index in [-0.39, 0.29) is 21.7 Å². The van der Waals surface area contributed by atoms with Gasteiger partial charge in [0.05, 0.1) is 88.6 Å². The molecule has 526 valence electrons. The smallest absolute Gasteiger partial charge is 0.220 e. The monoisotopic (exact) mass is 1400 g/mol. The van der Waals surface area contributed by atoms with Crippen LogP contribution in [0.25, 0.3) is 173 Å². The lowest BCUT2D eigenvalue weighted by atomic mass is 9.85. The fourth-order valence-electron chi connectivity index (χ4n) is 17.2. The van der Waals surface area contributed by atoms with E-state index in [1.165, 1.54) is 33.0 Å². The minimum atomic E-state index is -0.152. The zero-order chi connectivity index (χ0) is 73.8. The van der Waals surface area contributed by atoms with Crippen molar-refractivity contribution >= 4 is 105 Å². The van der Waals surface area contributed by atoms with E-state index in [1.807, 2.05) is 0 Å². The van der Waals surface area contributed by atoms with Gasteiger partial charge in [0.1, 0.15) is 0 Å². The van der Waals surface area contributed by atoms with Crippen LogP contribution in [0.1, 0.15) is 111 Å². The van der Waals surface area contributed by atoms with Gasteiger partial charge in [-0.1, -0.05) is 229 Å². The Morgan fingerprint density at radius 2 is 0.537 bits per heavy atom. The zero-order valence-electron chi connectivity index (χ0n) is 63.5. The number of fused-ring (bicyclic) bond motifs is 18. The van der Waals surface area contributed by atoms with Crippen LogP contribution in [0, 0.1) is 6.92 Å². The summed E-state index contributed by atoms with van der Waals surface area (Å²) >= 11 is 0. The number of para-hydroxylation sites is 2. The van der Waals surface area contributed by atoms with Gasteiger partial charge in [0.25, 0.3) is 0 Å². The first-order valence-electron chi connectivity index (χ1n) is 37.9. The SMILES string of the molecule is Cc1c(-c2ccc3c(c2)n2c4cc(-c5ccccc5)ccc4nc2n3-c2ccccc2)c(-n2c3ccc(C(C)(C)C)cc3c3cc(C(C)(C)C)ccc32)cc(-n2c3ccc(C(C)(C)C)cc3n3c4cc(C(C)(C)C)ccc4nc23)c1-c1ccc2c(c1)n1c3cc(-c4ccccc4)ccc3nc1n2-c1ccccc1. The molecule has 20 rings (SSSR count). The van der Waals surface area contributed by atoms with Crippen molar-refractivity contribution in [3.8, 4) is 67.3 Å². The van der Waals surface area contributed by atoms with E-state index in [0.717, 1.165) is 167 Å². The van der Waals surface area contributed by atoms with Crippen molar-refractivity contribution in [3.05, 3.63) is 301 Å². The average Bonchev–Trinajstić information content (AvgIpc) is 1.53. The van der Waals surface area contributed by atoms with E-state index in [0.29, 0.717) is 0 Å². The Bertz CT molecular complexity index is 7050. The first kappa shape index (κ1) is 65.0. The lowest BCUT2D eigenvalue weighted by molar-refractivity contribution is 0.590. The molecular weight excluding hydrogens is 1320 g/mol. The van der Waals surface area contributed by atoms with E-state index in [4.69, 9.17) is 15.0 Å². The van der Waals surface area contributed by atoms with Crippen LogP contribution in [-0.4, -0.2) is 46.4 Å². The van der Waals surface area contributed by atoms with Gasteiger partial charge in [0.2, 0.25) is 17.3 Å². The normalized spacial score (nSPS) is 12.9. The highest BCUT2D eigenvalue weighted by Gasteiger charge is 2.32. The molecule has 7 heterocycles. The maximum Gasteiger partial charge on any atom is 0.220 e. The molecule has 0 unspecified atom stereocenters. The third-order valence-corrected chi connectivity index (χ3v) is 22.9. The van der Waals surface area contributed by atoms with Crippen molar-refractivity contribution in [2.24, 2.45) is 0 Å². The zero-order valence-corrected chi connectivity index (χ0v) is 63.5. The van der Waals surface area contributed by atoms with Crippen LogP contribution in [0.2, 0.25) is 0 Å². The number of hydrogen-bond donors (Lipinski definition) is 0. The molecule has 0 saturated heterocycles. The van der Waals surface area contributed by atoms with E-state index in [2.05, 4.69) is 394 Å². The van der Waals surface area contributed by atoms with Crippen molar-refractivity contribution in [1.29, 1.82) is 0 Å². The van der Waals surface area contributed by atoms with Crippen LogP contribution < -0.4 is 0 Å². The lowest BCUT2D eigenvalue weighted by Gasteiger charge is -2.24. The molecule has 0 radical (unpaired) electrons. The second-order valence-corrected chi connectivity index (χ2v) is 34.0. The van der Waals surface area contributed by atoms with E-state index in [1.54, 1.807) is 0 Å². The summed E-state index contributed by atoms with van der Waals surface area (Å²) in [7, 11) is 0. The Morgan fingerprint density at radius 1 is 0.231 bits per heavy atom. The van der Waals surface area contributed by atoms with Gasteiger partial charge >= 0.3 is 0 Å². The topological polar surface area (TPSA) is 71.6 Å². The molecule has 0 spiro atoms. The molecule has 0 saturated carbocycles. The van der Waals surface area contributed by atoms with Gasteiger partial charge in [-0.2, -0.15) is 0 Å². The fourth-order valence-corrected chi connectivity index (χ4v) is 17.2. The summed E-state index contributed by atoms with van der Waals surface area (Å²) in [5.41, 5.74) is 33.1. The maximum absolute atomic E-state index is 5.86. The number of aromatic nitrogens is 10. The van der Waals surface area contributed by atoms with Gasteiger partial charge in [-0.3, -0.25) is 26.9 Å². The fraction of sp³-hybridized carbons (Fsp3) is 0.173. The van der Waals surface area contributed by atoms with Gasteiger partial charge < -0.3 is 4.57 Å². The van der Waals surface area contributed by atoms with E-state index >= 15 is 0 Å². The molecule has 0 amide bonds. The molecule has 0 aliphatic heterocycles. The minimum Gasteiger partial charge on any atom is -0.309 e. The molecule has 0 aliphatic rings. The lowest BCUT2D eigenvalue weighted by Crippen LogP contribution is -2.11. The molecule has 13 aromatic carbocycles. The Kier molecular flexibility index (Phi) is 14.0. The van der Waals surface area contributed by atoms with Gasteiger partial charge in [-0.05, 0) is 217 Å². The van der Waals surface area contributed by atoms with Crippen molar-refractivity contribution < 1.29 is 0 Å². The first-order chi connectivity index (χ1) is 52.0. The van der Waals surface area contributed by atoms with Crippen molar-refractivity contribution in [2.45, 2.75) is 112 Å². The highest BCUT2D eigenvalue weighted by Crippen LogP contribution is 2.49. The Morgan fingerprint density at radius 3 is 0.963 bits per heavy atom. The summed E-state index contributed by atoms with van der Waals surface area (Å²) < 4.78 is 17.0. The largest absolute Gasteiger partial charge is 0.309 e. The quantitative estimate of drug-likeness (QED) is 0.152. The molecule has 10 heteroatoms. The third kappa shape index (κ3) is 9.95. The summed E-state index contributed by atoms with van der Waals surface area (Å²) in [5, 5.41) is 2.43. The standard InChI is InChI=1S/C98H84N10/c1-59-90(64-36-45-79-85(52-64)106-82-50-62(60-26-18-14-19-27-60)34-42-74(82)99-92(106)102(79)70-30-22-16-23-31-70)88(104-77-47-39-66(95(2,3)4)54-72(77)73-55-67(96(5,6)7)40-48-78(73)104)58-89(105-81-49-41-69(98(11,12)13)57-87(81)108-84-56-68(97(8,9)10)38-44-76(84)101-94(105)108)91(59)65-37-46-80-86(53-65)107-83-51-63(61-28-20-15-21-29-61)35-43-75(83)100-93(107)103(80)71-32-24-17-25-33-71/h14-58H,1-13H3. The summed E-state index contributed by atoms with van der Waals surface area (Å²) in [6.45, 7) is 30.2. The number of hydrogen-bond acceptors (Lipinski definition) is 3. The van der Waals surface area contributed by atoms with Crippen LogP contribution in [-0.2, 0) is 21.7 Å². The van der Waals surface area contributed by atoms with Crippen LogP contribution in [0.5, 0.6) is 0 Å². The summed E-state index contributed by atoms with van der Waals surface area (Å²) in [5.74, 6) is 2.52. The maximum atomic E-state index is 5.86. The highest BCUT2D eigenvalue weighted by molar-refractivity contribution is 6.12. The molecule has 0 aliphatic carbocycles. The van der Waals surface area contributed by atoms with Gasteiger partial charge in [-0.15, -0.1) is 0 Å². The number of rotatable bonds is 8.